The van der Waals surface area contributed by atoms with Gasteiger partial charge in [0.15, 0.2) is 0 Å². The standard InChI is InChI=1S/C14H17BrN2O3/c1-9(2)17(8-13(16)18)11-5-3-10(12(15)7-11)4-6-14(19)20/h3-7,9H,8H2,1-2H3,(H2,16,18)(H,19,20)/b6-4+. The highest BCUT2D eigenvalue weighted by Crippen LogP contribution is 2.26. The molecular formula is C14H17BrN2O3. The topological polar surface area (TPSA) is 83.6 Å². The summed E-state index contributed by atoms with van der Waals surface area (Å²) in [5.41, 5.74) is 6.84. The zero-order valence-corrected chi connectivity index (χ0v) is 12.9. The molecule has 0 aliphatic rings. The molecule has 6 heteroatoms. The van der Waals surface area contributed by atoms with Crippen molar-refractivity contribution in [2.75, 3.05) is 11.4 Å². The zero-order chi connectivity index (χ0) is 15.3. The zero-order valence-electron chi connectivity index (χ0n) is 11.3. The fourth-order valence-corrected chi connectivity index (χ4v) is 2.23. The maximum absolute atomic E-state index is 11.1. The summed E-state index contributed by atoms with van der Waals surface area (Å²) in [6.07, 6.45) is 2.58. The summed E-state index contributed by atoms with van der Waals surface area (Å²) < 4.78 is 0.752. The van der Waals surface area contributed by atoms with Crippen LogP contribution in [0.2, 0.25) is 0 Å². The third-order valence-corrected chi connectivity index (χ3v) is 3.36. The minimum absolute atomic E-state index is 0.120. The monoisotopic (exact) mass is 340 g/mol. The third-order valence-electron chi connectivity index (χ3n) is 2.67. The van der Waals surface area contributed by atoms with Crippen LogP contribution in [0.1, 0.15) is 19.4 Å². The fraction of sp³-hybridized carbons (Fsp3) is 0.286. The van der Waals surface area contributed by atoms with Gasteiger partial charge in [-0.15, -0.1) is 0 Å². The van der Waals surface area contributed by atoms with E-state index in [1.165, 1.54) is 6.08 Å². The second-order valence-corrected chi connectivity index (χ2v) is 5.42. The molecule has 1 aromatic carbocycles. The van der Waals surface area contributed by atoms with Gasteiger partial charge in [-0.25, -0.2) is 4.79 Å². The molecule has 1 rings (SSSR count). The van der Waals surface area contributed by atoms with Gasteiger partial charge >= 0.3 is 5.97 Å². The van der Waals surface area contributed by atoms with E-state index < -0.39 is 11.9 Å². The summed E-state index contributed by atoms with van der Waals surface area (Å²) >= 11 is 3.39. The highest BCUT2D eigenvalue weighted by Gasteiger charge is 2.14. The second kappa shape index (κ2) is 7.09. The predicted octanol–water partition coefficient (Wildman–Crippen LogP) is 2.25. The number of rotatable bonds is 6. The number of hydrogen-bond acceptors (Lipinski definition) is 3. The van der Waals surface area contributed by atoms with Gasteiger partial charge in [-0.1, -0.05) is 22.0 Å². The average molecular weight is 341 g/mol. The van der Waals surface area contributed by atoms with E-state index in [-0.39, 0.29) is 12.6 Å². The molecule has 108 valence electrons. The van der Waals surface area contributed by atoms with E-state index in [0.29, 0.717) is 0 Å². The van der Waals surface area contributed by atoms with E-state index in [4.69, 9.17) is 10.8 Å². The van der Waals surface area contributed by atoms with Gasteiger partial charge < -0.3 is 15.7 Å². The van der Waals surface area contributed by atoms with E-state index in [1.54, 1.807) is 6.07 Å². The lowest BCUT2D eigenvalue weighted by Crippen LogP contribution is -2.38. The molecule has 1 amide bonds. The van der Waals surface area contributed by atoms with Crippen molar-refractivity contribution in [1.82, 2.24) is 0 Å². The Bertz CT molecular complexity index is 541. The van der Waals surface area contributed by atoms with Gasteiger partial charge in [-0.2, -0.15) is 0 Å². The largest absolute Gasteiger partial charge is 0.478 e. The molecule has 0 aliphatic carbocycles. The van der Waals surface area contributed by atoms with Crippen LogP contribution in [0.15, 0.2) is 28.7 Å². The number of carboxylic acid groups (broad SMARTS) is 1. The number of nitrogens with two attached hydrogens (primary N) is 1. The molecule has 0 aromatic heterocycles. The molecular weight excluding hydrogens is 324 g/mol. The van der Waals surface area contributed by atoms with Gasteiger partial charge in [-0.3, -0.25) is 4.79 Å². The first-order valence-corrected chi connectivity index (χ1v) is 6.86. The van der Waals surface area contributed by atoms with E-state index in [1.807, 2.05) is 30.9 Å². The van der Waals surface area contributed by atoms with Crippen LogP contribution in [0.25, 0.3) is 6.08 Å². The molecule has 0 heterocycles. The summed E-state index contributed by atoms with van der Waals surface area (Å²) in [6.45, 7) is 4.07. The van der Waals surface area contributed by atoms with Crippen molar-refractivity contribution in [3.05, 3.63) is 34.3 Å². The molecule has 0 saturated heterocycles. The van der Waals surface area contributed by atoms with Crippen LogP contribution >= 0.6 is 15.9 Å². The Hall–Kier alpha value is -1.82. The Balaban J connectivity index is 3.05. The Kier molecular flexibility index (Phi) is 5.76. The van der Waals surface area contributed by atoms with E-state index in [9.17, 15) is 9.59 Å². The van der Waals surface area contributed by atoms with Crippen molar-refractivity contribution in [2.45, 2.75) is 19.9 Å². The maximum Gasteiger partial charge on any atom is 0.328 e. The quantitative estimate of drug-likeness (QED) is 0.778. The number of aliphatic carboxylic acids is 1. The maximum atomic E-state index is 11.1. The summed E-state index contributed by atoms with van der Waals surface area (Å²) in [7, 11) is 0. The molecule has 0 bridgehead atoms. The van der Waals surface area contributed by atoms with Crippen LogP contribution in [0.4, 0.5) is 5.69 Å². The number of amides is 1. The smallest absolute Gasteiger partial charge is 0.328 e. The fourth-order valence-electron chi connectivity index (χ4n) is 1.73. The first-order valence-electron chi connectivity index (χ1n) is 6.06. The number of halogens is 1. The Morgan fingerprint density at radius 1 is 1.45 bits per heavy atom. The molecule has 1 aromatic rings. The SMILES string of the molecule is CC(C)N(CC(N)=O)c1ccc(/C=C/C(=O)O)c(Br)c1. The van der Waals surface area contributed by atoms with Crippen molar-refractivity contribution in [3.8, 4) is 0 Å². The summed E-state index contributed by atoms with van der Waals surface area (Å²) in [5.74, 6) is -1.40. The van der Waals surface area contributed by atoms with Crippen LogP contribution in [-0.4, -0.2) is 29.6 Å². The van der Waals surface area contributed by atoms with Crippen LogP contribution < -0.4 is 10.6 Å². The van der Waals surface area contributed by atoms with Gasteiger partial charge in [0.05, 0.1) is 6.54 Å². The predicted molar refractivity (Wildman–Crippen MR) is 82.5 cm³/mol. The van der Waals surface area contributed by atoms with Crippen molar-refractivity contribution in [3.63, 3.8) is 0 Å². The van der Waals surface area contributed by atoms with Crippen LogP contribution in [0, 0.1) is 0 Å². The number of hydrogen-bond donors (Lipinski definition) is 2. The Labute approximate surface area is 126 Å². The first-order chi connectivity index (χ1) is 9.31. The summed E-state index contributed by atoms with van der Waals surface area (Å²) in [4.78, 5) is 23.5. The number of primary amides is 1. The third kappa shape index (κ3) is 4.70. The lowest BCUT2D eigenvalue weighted by Gasteiger charge is -2.28. The van der Waals surface area contributed by atoms with E-state index in [2.05, 4.69) is 15.9 Å². The van der Waals surface area contributed by atoms with Crippen molar-refractivity contribution in [2.24, 2.45) is 5.73 Å². The minimum atomic E-state index is -1.00. The molecule has 20 heavy (non-hydrogen) atoms. The number of benzene rings is 1. The first kappa shape index (κ1) is 16.2. The van der Waals surface area contributed by atoms with Gasteiger partial charge in [0.1, 0.15) is 0 Å². The highest BCUT2D eigenvalue weighted by atomic mass is 79.9. The molecule has 0 unspecified atom stereocenters. The molecule has 3 N–H and O–H groups in total. The van der Waals surface area contributed by atoms with Crippen LogP contribution in [0.5, 0.6) is 0 Å². The van der Waals surface area contributed by atoms with Crippen molar-refractivity contribution in [1.29, 1.82) is 0 Å². The van der Waals surface area contributed by atoms with Gasteiger partial charge in [0.25, 0.3) is 0 Å². The number of carboxylic acids is 1. The number of nitrogens with zero attached hydrogens (tertiary/aromatic N) is 1. The molecule has 0 spiro atoms. The highest BCUT2D eigenvalue weighted by molar-refractivity contribution is 9.10. The van der Waals surface area contributed by atoms with Gasteiger partial charge in [0.2, 0.25) is 5.91 Å². The van der Waals surface area contributed by atoms with Gasteiger partial charge in [0, 0.05) is 22.3 Å². The number of carbonyl (C=O) groups is 2. The molecule has 0 fully saturated rings. The molecule has 0 radical (unpaired) electrons. The summed E-state index contributed by atoms with van der Waals surface area (Å²) in [5, 5.41) is 8.62. The Morgan fingerprint density at radius 3 is 2.55 bits per heavy atom. The van der Waals surface area contributed by atoms with E-state index in [0.717, 1.165) is 21.8 Å². The number of anilines is 1. The lowest BCUT2D eigenvalue weighted by atomic mass is 10.1. The van der Waals surface area contributed by atoms with Crippen LogP contribution in [0.3, 0.4) is 0 Å². The summed E-state index contributed by atoms with van der Waals surface area (Å²) in [6, 6.07) is 5.57. The van der Waals surface area contributed by atoms with Crippen molar-refractivity contribution >= 4 is 39.6 Å². The Morgan fingerprint density at radius 2 is 2.10 bits per heavy atom. The second-order valence-electron chi connectivity index (χ2n) is 4.57. The molecule has 0 aliphatic heterocycles. The average Bonchev–Trinajstić information content (AvgIpc) is 2.33. The molecule has 5 nitrogen and oxygen atoms in total. The normalized spacial score (nSPS) is 11.0. The lowest BCUT2D eigenvalue weighted by molar-refractivity contribution is -0.131. The van der Waals surface area contributed by atoms with E-state index >= 15 is 0 Å². The number of carbonyl (C=O) groups excluding carboxylic acids is 1. The van der Waals surface area contributed by atoms with Crippen LogP contribution in [-0.2, 0) is 9.59 Å². The van der Waals surface area contributed by atoms with Gasteiger partial charge in [-0.05, 0) is 37.6 Å². The molecule has 0 saturated carbocycles. The molecule has 0 atom stereocenters. The van der Waals surface area contributed by atoms with Crippen molar-refractivity contribution < 1.29 is 14.7 Å². The minimum Gasteiger partial charge on any atom is -0.478 e.